The molecule has 2 heterocycles. The average molecular weight is 718 g/mol. The van der Waals surface area contributed by atoms with E-state index in [0.717, 1.165) is 39.0 Å². The summed E-state index contributed by atoms with van der Waals surface area (Å²) in [6.45, 7) is 0. The quantitative estimate of drug-likeness (QED) is 0.180. The minimum Gasteiger partial charge on any atom is -0.454 e. The molecule has 2 nitrogen and oxygen atoms in total. The molecule has 0 fully saturated rings. The highest BCUT2D eigenvalue weighted by Crippen LogP contribution is 2.49. The lowest BCUT2D eigenvalue weighted by Gasteiger charge is -2.26. The third-order valence-corrected chi connectivity index (χ3v) is 12.6. The van der Waals surface area contributed by atoms with Gasteiger partial charge in [0.25, 0.3) is 0 Å². The average Bonchev–Trinajstić information content (AvgIpc) is 3.85. The Morgan fingerprint density at radius 3 is 1.65 bits per heavy atom. The van der Waals surface area contributed by atoms with Crippen LogP contribution < -0.4 is 4.90 Å². The molecule has 0 unspecified atom stereocenters. The molecule has 55 heavy (non-hydrogen) atoms. The molecule has 0 saturated carbocycles. The molecule has 0 aliphatic carbocycles. The molecule has 10 aromatic carbocycles. The topological polar surface area (TPSA) is 16.4 Å². The third-order valence-electron chi connectivity index (χ3n) is 11.4. The fraction of sp³-hybridized carbons (Fsp3) is 0. The lowest BCUT2D eigenvalue weighted by Crippen LogP contribution is -2.10. The van der Waals surface area contributed by atoms with Crippen molar-refractivity contribution in [3.63, 3.8) is 0 Å². The predicted molar refractivity (Wildman–Crippen MR) is 237 cm³/mol. The molecule has 0 N–H and O–H groups in total. The summed E-state index contributed by atoms with van der Waals surface area (Å²) in [5.74, 6) is 0. The van der Waals surface area contributed by atoms with Crippen LogP contribution in [0, 0.1) is 0 Å². The highest BCUT2D eigenvalue weighted by atomic mass is 32.1. The number of fused-ring (bicyclic) bond motifs is 14. The number of nitrogens with zero attached hydrogens (tertiary/aromatic N) is 1. The number of hydrogen-bond donors (Lipinski definition) is 0. The Balaban J connectivity index is 1.10. The predicted octanol–water partition coefficient (Wildman–Crippen LogP) is 15.7. The van der Waals surface area contributed by atoms with Gasteiger partial charge in [0.15, 0.2) is 5.58 Å². The van der Waals surface area contributed by atoms with Crippen molar-refractivity contribution < 1.29 is 4.42 Å². The van der Waals surface area contributed by atoms with E-state index in [1.807, 2.05) is 11.3 Å². The lowest BCUT2D eigenvalue weighted by atomic mass is 9.95. The second-order valence-electron chi connectivity index (χ2n) is 14.4. The Labute approximate surface area is 320 Å². The number of anilines is 3. The van der Waals surface area contributed by atoms with Crippen molar-refractivity contribution in [3.05, 3.63) is 188 Å². The Kier molecular flexibility index (Phi) is 6.54. The van der Waals surface area contributed by atoms with Gasteiger partial charge in [0.2, 0.25) is 0 Å². The first-order valence-corrected chi connectivity index (χ1v) is 19.6. The number of rotatable bonds is 4. The van der Waals surface area contributed by atoms with Crippen molar-refractivity contribution in [2.24, 2.45) is 0 Å². The van der Waals surface area contributed by atoms with E-state index >= 15 is 0 Å². The van der Waals surface area contributed by atoms with E-state index in [0.29, 0.717) is 0 Å². The highest BCUT2D eigenvalue weighted by Gasteiger charge is 2.23. The van der Waals surface area contributed by atoms with Crippen LogP contribution in [0.2, 0.25) is 0 Å². The van der Waals surface area contributed by atoms with Crippen LogP contribution in [0.1, 0.15) is 0 Å². The standard InChI is InChI=1S/C52H31NOS/c1-2-16-37(17-3-1)53(44-31-36-15-7-10-20-41(36)49-47-39-18-8-4-12-32(39)24-28-45(47)54-51(44)49)38-26-22-34(23-27-38)43-30-35-14-6-11-21-42(35)50-48-40-19-9-5-13-33(40)25-29-46(48)55-52(43)50/h1-31H. The summed E-state index contributed by atoms with van der Waals surface area (Å²) in [7, 11) is 0. The van der Waals surface area contributed by atoms with E-state index < -0.39 is 0 Å². The van der Waals surface area contributed by atoms with Crippen LogP contribution in [-0.2, 0) is 0 Å². The van der Waals surface area contributed by atoms with Gasteiger partial charge < -0.3 is 9.32 Å². The zero-order valence-corrected chi connectivity index (χ0v) is 30.5. The van der Waals surface area contributed by atoms with Crippen molar-refractivity contribution in [1.82, 2.24) is 0 Å². The molecular formula is C52H31NOS. The lowest BCUT2D eigenvalue weighted by molar-refractivity contribution is 0.669. The van der Waals surface area contributed by atoms with Gasteiger partial charge in [-0.1, -0.05) is 140 Å². The molecule has 0 radical (unpaired) electrons. The summed E-state index contributed by atoms with van der Waals surface area (Å²) >= 11 is 1.90. The van der Waals surface area contributed by atoms with Gasteiger partial charge in [-0.25, -0.2) is 0 Å². The number of furan rings is 1. The second kappa shape index (κ2) is 11.8. The SMILES string of the molecule is c1ccc(N(c2ccc(-c3cc4ccccc4c4c3sc3ccc5ccccc5c34)cc2)c2cc3ccccc3c3c2oc2ccc4ccccc4c23)cc1. The summed E-state index contributed by atoms with van der Waals surface area (Å²) in [4.78, 5) is 2.35. The third kappa shape index (κ3) is 4.54. The van der Waals surface area contributed by atoms with E-state index in [-0.39, 0.29) is 0 Å². The molecule has 12 rings (SSSR count). The van der Waals surface area contributed by atoms with Gasteiger partial charge in [-0.2, -0.15) is 0 Å². The van der Waals surface area contributed by atoms with Crippen LogP contribution in [0.3, 0.4) is 0 Å². The van der Waals surface area contributed by atoms with Crippen LogP contribution >= 0.6 is 11.3 Å². The van der Waals surface area contributed by atoms with Gasteiger partial charge in [0.05, 0.1) is 5.69 Å². The number of benzene rings is 10. The largest absolute Gasteiger partial charge is 0.454 e. The first-order valence-electron chi connectivity index (χ1n) is 18.8. The Morgan fingerprint density at radius 2 is 0.945 bits per heavy atom. The van der Waals surface area contributed by atoms with Crippen molar-refractivity contribution in [3.8, 4) is 11.1 Å². The van der Waals surface area contributed by atoms with Crippen LogP contribution in [0.25, 0.3) is 96.3 Å². The van der Waals surface area contributed by atoms with E-state index in [1.165, 1.54) is 74.4 Å². The highest BCUT2D eigenvalue weighted by molar-refractivity contribution is 7.26. The molecule has 0 saturated heterocycles. The van der Waals surface area contributed by atoms with Gasteiger partial charge >= 0.3 is 0 Å². The van der Waals surface area contributed by atoms with Crippen molar-refractivity contribution in [2.75, 3.05) is 4.90 Å². The van der Waals surface area contributed by atoms with E-state index in [2.05, 4.69) is 193 Å². The fourth-order valence-electron chi connectivity index (χ4n) is 8.93. The maximum Gasteiger partial charge on any atom is 0.160 e. The van der Waals surface area contributed by atoms with Crippen molar-refractivity contribution in [2.45, 2.75) is 0 Å². The van der Waals surface area contributed by atoms with Crippen LogP contribution in [-0.4, -0.2) is 0 Å². The monoisotopic (exact) mass is 717 g/mol. The van der Waals surface area contributed by atoms with Gasteiger partial charge in [-0.3, -0.25) is 0 Å². The van der Waals surface area contributed by atoms with Crippen molar-refractivity contribution in [1.29, 1.82) is 0 Å². The zero-order valence-electron chi connectivity index (χ0n) is 29.7. The van der Waals surface area contributed by atoms with Gasteiger partial charge in [-0.15, -0.1) is 11.3 Å². The minimum absolute atomic E-state index is 0.881. The number of para-hydroxylation sites is 1. The molecule has 256 valence electrons. The molecule has 0 aliphatic heterocycles. The van der Waals surface area contributed by atoms with E-state index in [4.69, 9.17) is 4.42 Å². The zero-order chi connectivity index (χ0) is 36.0. The molecule has 0 amide bonds. The van der Waals surface area contributed by atoms with E-state index in [1.54, 1.807) is 0 Å². The summed E-state index contributed by atoms with van der Waals surface area (Å²) in [6, 6.07) is 68.2. The van der Waals surface area contributed by atoms with Crippen LogP contribution in [0.15, 0.2) is 192 Å². The molecule has 0 spiro atoms. The Hall–Kier alpha value is -6.94. The van der Waals surface area contributed by atoms with Crippen LogP contribution in [0.4, 0.5) is 17.1 Å². The summed E-state index contributed by atoms with van der Waals surface area (Å²) in [6.07, 6.45) is 0. The molecule has 0 atom stereocenters. The molecule has 2 aromatic heterocycles. The smallest absolute Gasteiger partial charge is 0.160 e. The normalized spacial score (nSPS) is 12.0. The summed E-state index contributed by atoms with van der Waals surface area (Å²) in [5, 5.41) is 14.9. The number of hydrogen-bond acceptors (Lipinski definition) is 3. The van der Waals surface area contributed by atoms with Crippen molar-refractivity contribution >= 4 is 114 Å². The maximum absolute atomic E-state index is 6.92. The molecule has 12 aromatic rings. The van der Waals surface area contributed by atoms with Crippen LogP contribution in [0.5, 0.6) is 0 Å². The first kappa shape index (κ1) is 30.5. The summed E-state index contributed by atoms with van der Waals surface area (Å²) in [5.41, 5.74) is 7.38. The van der Waals surface area contributed by atoms with Gasteiger partial charge in [0.1, 0.15) is 5.58 Å². The molecule has 0 bridgehead atoms. The maximum atomic E-state index is 6.92. The summed E-state index contributed by atoms with van der Waals surface area (Å²) < 4.78 is 9.56. The molecular weight excluding hydrogens is 687 g/mol. The van der Waals surface area contributed by atoms with E-state index in [9.17, 15) is 0 Å². The first-order chi connectivity index (χ1) is 27.3. The Bertz CT molecular complexity index is 3490. The fourth-order valence-corrected chi connectivity index (χ4v) is 10.2. The minimum atomic E-state index is 0.881. The number of thiophene rings is 1. The van der Waals surface area contributed by atoms with Gasteiger partial charge in [-0.05, 0) is 97.2 Å². The molecule has 0 aliphatic rings. The second-order valence-corrected chi connectivity index (χ2v) is 15.5. The van der Waals surface area contributed by atoms with Gasteiger partial charge in [0, 0.05) is 47.9 Å². The molecule has 3 heteroatoms. The Morgan fingerprint density at radius 1 is 0.400 bits per heavy atom.